The third-order valence-corrected chi connectivity index (χ3v) is 3.33. The number of nitrogens with one attached hydrogen (secondary N) is 2. The number of para-hydroxylation sites is 1. The van der Waals surface area contributed by atoms with Crippen LogP contribution in [-0.4, -0.2) is 13.0 Å². The highest BCUT2D eigenvalue weighted by Gasteiger charge is 2.10. The van der Waals surface area contributed by atoms with E-state index in [1.54, 1.807) is 7.05 Å². The van der Waals surface area contributed by atoms with Crippen molar-refractivity contribution in [3.05, 3.63) is 59.2 Å². The van der Waals surface area contributed by atoms with E-state index in [9.17, 15) is 4.79 Å². The van der Waals surface area contributed by atoms with E-state index in [0.717, 1.165) is 22.5 Å². The Hall–Kier alpha value is -2.49. The summed E-state index contributed by atoms with van der Waals surface area (Å²) in [7, 11) is 1.63. The summed E-state index contributed by atoms with van der Waals surface area (Å²) in [5, 5.41) is 5.97. The van der Waals surface area contributed by atoms with Crippen LogP contribution in [0.25, 0.3) is 0 Å². The molecule has 0 saturated carbocycles. The number of carbonyl (C=O) groups is 1. The van der Waals surface area contributed by atoms with Crippen LogP contribution in [0, 0.1) is 6.92 Å². The Bertz CT molecular complexity index is 623. The summed E-state index contributed by atoms with van der Waals surface area (Å²) < 4.78 is 0. The van der Waals surface area contributed by atoms with Crippen LogP contribution in [0.1, 0.15) is 21.5 Å². The molecule has 104 valence electrons. The summed E-state index contributed by atoms with van der Waals surface area (Å²) >= 11 is 0. The van der Waals surface area contributed by atoms with Crippen molar-refractivity contribution in [2.75, 3.05) is 18.1 Å². The number of hydrogen-bond acceptors (Lipinski definition) is 3. The molecule has 0 fully saturated rings. The van der Waals surface area contributed by atoms with Crippen LogP contribution in [0.2, 0.25) is 0 Å². The molecule has 0 atom stereocenters. The Morgan fingerprint density at radius 1 is 1.15 bits per heavy atom. The largest absolute Gasteiger partial charge is 0.398 e. The quantitative estimate of drug-likeness (QED) is 0.747. The van der Waals surface area contributed by atoms with Crippen molar-refractivity contribution in [3.8, 4) is 0 Å². The van der Waals surface area contributed by atoms with Crippen LogP contribution in [0.15, 0.2) is 42.5 Å². The molecule has 0 spiro atoms. The first-order valence-corrected chi connectivity index (χ1v) is 6.52. The van der Waals surface area contributed by atoms with Crippen LogP contribution in [-0.2, 0) is 6.54 Å². The lowest BCUT2D eigenvalue weighted by Crippen LogP contribution is -2.19. The molecule has 0 aliphatic carbocycles. The molecule has 0 aliphatic rings. The molecule has 2 aromatic carbocycles. The smallest absolute Gasteiger partial charge is 0.251 e. The van der Waals surface area contributed by atoms with Gasteiger partial charge >= 0.3 is 0 Å². The van der Waals surface area contributed by atoms with Crippen LogP contribution in [0.3, 0.4) is 0 Å². The lowest BCUT2D eigenvalue weighted by Gasteiger charge is -2.13. The summed E-state index contributed by atoms with van der Waals surface area (Å²) in [6.07, 6.45) is 0. The van der Waals surface area contributed by atoms with Gasteiger partial charge in [0.1, 0.15) is 0 Å². The third kappa shape index (κ3) is 2.91. The predicted molar refractivity (Wildman–Crippen MR) is 82.8 cm³/mol. The molecule has 0 unspecified atom stereocenters. The van der Waals surface area contributed by atoms with Gasteiger partial charge in [-0.25, -0.2) is 0 Å². The molecule has 2 rings (SSSR count). The molecule has 0 heterocycles. The minimum atomic E-state index is -0.0784. The molecule has 1 amide bonds. The van der Waals surface area contributed by atoms with Gasteiger partial charge in [-0.3, -0.25) is 4.79 Å². The molecule has 2 aromatic rings. The minimum absolute atomic E-state index is 0.0784. The second-order valence-corrected chi connectivity index (χ2v) is 4.61. The van der Waals surface area contributed by atoms with Gasteiger partial charge in [-0.2, -0.15) is 0 Å². The number of carbonyl (C=O) groups excluding carboxylic acids is 1. The maximum absolute atomic E-state index is 11.8. The van der Waals surface area contributed by atoms with E-state index in [1.165, 1.54) is 0 Å². The van der Waals surface area contributed by atoms with Gasteiger partial charge in [0, 0.05) is 30.5 Å². The van der Waals surface area contributed by atoms with Gasteiger partial charge in [0.25, 0.3) is 5.91 Å². The fourth-order valence-corrected chi connectivity index (χ4v) is 2.09. The summed E-state index contributed by atoms with van der Waals surface area (Å²) in [5.74, 6) is -0.0784. The molecule has 0 bridgehead atoms. The number of anilines is 2. The number of nitrogens with two attached hydrogens (primary N) is 1. The first kappa shape index (κ1) is 13.9. The summed E-state index contributed by atoms with van der Waals surface area (Å²) in [4.78, 5) is 11.8. The molecule has 0 aliphatic heterocycles. The topological polar surface area (TPSA) is 67.2 Å². The Labute approximate surface area is 119 Å². The van der Waals surface area contributed by atoms with E-state index in [2.05, 4.69) is 10.6 Å². The first-order chi connectivity index (χ1) is 9.63. The number of amides is 1. The number of nitrogen functional groups attached to an aromatic ring is 1. The highest BCUT2D eigenvalue weighted by molar-refractivity contribution is 5.96. The Morgan fingerprint density at radius 2 is 1.90 bits per heavy atom. The van der Waals surface area contributed by atoms with Crippen LogP contribution >= 0.6 is 0 Å². The first-order valence-electron chi connectivity index (χ1n) is 6.52. The average molecular weight is 269 g/mol. The molecule has 0 saturated heterocycles. The monoisotopic (exact) mass is 269 g/mol. The van der Waals surface area contributed by atoms with Gasteiger partial charge in [0.2, 0.25) is 0 Å². The molecular formula is C16H19N3O. The van der Waals surface area contributed by atoms with Crippen molar-refractivity contribution in [1.82, 2.24) is 5.32 Å². The number of benzene rings is 2. The van der Waals surface area contributed by atoms with E-state index in [1.807, 2.05) is 49.4 Å². The Morgan fingerprint density at radius 3 is 2.60 bits per heavy atom. The third-order valence-electron chi connectivity index (χ3n) is 3.33. The fourth-order valence-electron chi connectivity index (χ4n) is 2.09. The van der Waals surface area contributed by atoms with Crippen molar-refractivity contribution in [1.29, 1.82) is 0 Å². The van der Waals surface area contributed by atoms with Crippen molar-refractivity contribution < 1.29 is 4.79 Å². The van der Waals surface area contributed by atoms with E-state index in [4.69, 9.17) is 5.73 Å². The molecule has 20 heavy (non-hydrogen) atoms. The molecule has 4 heteroatoms. The number of hydrogen-bond donors (Lipinski definition) is 3. The standard InChI is InChI=1S/C16H19N3O/c1-11-13(16(20)18-2)7-5-9-15(11)19-10-12-6-3-4-8-14(12)17/h3-9,19H,10,17H2,1-2H3,(H,18,20). The lowest BCUT2D eigenvalue weighted by molar-refractivity contribution is 0.0962. The van der Waals surface area contributed by atoms with Gasteiger partial charge in [0.05, 0.1) is 0 Å². The average Bonchev–Trinajstić information content (AvgIpc) is 2.47. The zero-order valence-electron chi connectivity index (χ0n) is 11.7. The van der Waals surface area contributed by atoms with E-state index in [0.29, 0.717) is 12.1 Å². The molecule has 4 N–H and O–H groups in total. The Balaban J connectivity index is 2.18. The second-order valence-electron chi connectivity index (χ2n) is 4.61. The van der Waals surface area contributed by atoms with E-state index >= 15 is 0 Å². The van der Waals surface area contributed by atoms with Crippen molar-refractivity contribution in [3.63, 3.8) is 0 Å². The number of rotatable bonds is 4. The van der Waals surface area contributed by atoms with Gasteiger partial charge in [-0.1, -0.05) is 24.3 Å². The zero-order chi connectivity index (χ0) is 14.5. The normalized spacial score (nSPS) is 10.1. The van der Waals surface area contributed by atoms with Crippen LogP contribution < -0.4 is 16.4 Å². The van der Waals surface area contributed by atoms with Gasteiger partial charge < -0.3 is 16.4 Å². The lowest BCUT2D eigenvalue weighted by atomic mass is 10.1. The van der Waals surface area contributed by atoms with Gasteiger partial charge in [-0.05, 0) is 36.2 Å². The van der Waals surface area contributed by atoms with Gasteiger partial charge in [-0.15, -0.1) is 0 Å². The maximum atomic E-state index is 11.8. The van der Waals surface area contributed by atoms with Crippen LogP contribution in [0.4, 0.5) is 11.4 Å². The molecule has 0 radical (unpaired) electrons. The molecule has 4 nitrogen and oxygen atoms in total. The van der Waals surface area contributed by atoms with Crippen molar-refractivity contribution in [2.24, 2.45) is 0 Å². The summed E-state index contributed by atoms with van der Waals surface area (Å²) in [6, 6.07) is 13.4. The Kier molecular flexibility index (Phi) is 4.25. The van der Waals surface area contributed by atoms with Gasteiger partial charge in [0.15, 0.2) is 0 Å². The van der Waals surface area contributed by atoms with E-state index < -0.39 is 0 Å². The van der Waals surface area contributed by atoms with E-state index in [-0.39, 0.29) is 5.91 Å². The van der Waals surface area contributed by atoms with Crippen LogP contribution in [0.5, 0.6) is 0 Å². The predicted octanol–water partition coefficient (Wildman–Crippen LogP) is 2.55. The highest BCUT2D eigenvalue weighted by atomic mass is 16.1. The molecular weight excluding hydrogens is 250 g/mol. The van der Waals surface area contributed by atoms with Crippen molar-refractivity contribution >= 4 is 17.3 Å². The summed E-state index contributed by atoms with van der Waals surface area (Å²) in [5.41, 5.74) is 10.3. The maximum Gasteiger partial charge on any atom is 0.251 e. The highest BCUT2D eigenvalue weighted by Crippen LogP contribution is 2.20. The zero-order valence-corrected chi connectivity index (χ0v) is 11.7. The SMILES string of the molecule is CNC(=O)c1cccc(NCc2ccccc2N)c1C. The second kappa shape index (κ2) is 6.10. The minimum Gasteiger partial charge on any atom is -0.398 e. The summed E-state index contributed by atoms with van der Waals surface area (Å²) in [6.45, 7) is 2.56. The molecule has 0 aromatic heterocycles. The van der Waals surface area contributed by atoms with Crippen molar-refractivity contribution in [2.45, 2.75) is 13.5 Å². The fraction of sp³-hybridized carbons (Fsp3) is 0.188.